The first-order valence-electron chi connectivity index (χ1n) is 9.15. The van der Waals surface area contributed by atoms with Crippen LogP contribution in [0.1, 0.15) is 29.8 Å². The molecular formula is C22H24N4O2. The number of para-hydroxylation sites is 1. The first-order valence-corrected chi connectivity index (χ1v) is 9.15. The van der Waals surface area contributed by atoms with Crippen LogP contribution in [0.15, 0.2) is 67.0 Å². The third kappa shape index (κ3) is 4.65. The van der Waals surface area contributed by atoms with Gasteiger partial charge in [-0.1, -0.05) is 42.5 Å². The molecule has 28 heavy (non-hydrogen) atoms. The summed E-state index contributed by atoms with van der Waals surface area (Å²) in [4.78, 5) is 23.0. The number of rotatable bonds is 7. The first-order chi connectivity index (χ1) is 13.6. The number of nitrogens with zero attached hydrogens (tertiary/aromatic N) is 3. The van der Waals surface area contributed by atoms with Crippen LogP contribution in [0.3, 0.4) is 0 Å². The highest BCUT2D eigenvalue weighted by molar-refractivity contribution is 5.96. The highest BCUT2D eigenvalue weighted by atomic mass is 16.5. The van der Waals surface area contributed by atoms with Gasteiger partial charge in [0.15, 0.2) is 0 Å². The standard InChI is InChI=1S/C22H24N4O2/c1-16(2)26(14-17-9-5-4-6-10-17)21-13-20(23-15-24-21)25-19-12-8-7-11-18(19)22(27)28-3/h4-13,15-16H,14H2,1-3H3,(H,23,24,25). The highest BCUT2D eigenvalue weighted by Gasteiger charge is 2.15. The number of carbonyl (C=O) groups is 1. The van der Waals surface area contributed by atoms with Crippen molar-refractivity contribution in [2.75, 3.05) is 17.3 Å². The Balaban J connectivity index is 1.86. The predicted molar refractivity (Wildman–Crippen MR) is 111 cm³/mol. The van der Waals surface area contributed by atoms with E-state index in [1.807, 2.05) is 36.4 Å². The Morgan fingerprint density at radius 1 is 1.07 bits per heavy atom. The Bertz CT molecular complexity index is 929. The molecule has 6 nitrogen and oxygen atoms in total. The van der Waals surface area contributed by atoms with Gasteiger partial charge in [0.2, 0.25) is 0 Å². The summed E-state index contributed by atoms with van der Waals surface area (Å²) in [6.07, 6.45) is 1.53. The van der Waals surface area contributed by atoms with Crippen LogP contribution >= 0.6 is 0 Å². The minimum absolute atomic E-state index is 0.255. The molecule has 2 aromatic carbocycles. The lowest BCUT2D eigenvalue weighted by atomic mass is 10.1. The molecule has 0 amide bonds. The fourth-order valence-corrected chi connectivity index (χ4v) is 2.90. The number of aromatic nitrogens is 2. The Morgan fingerprint density at radius 2 is 1.79 bits per heavy atom. The molecule has 0 aliphatic heterocycles. The van der Waals surface area contributed by atoms with E-state index >= 15 is 0 Å². The molecule has 0 fully saturated rings. The molecule has 0 aliphatic carbocycles. The zero-order valence-corrected chi connectivity index (χ0v) is 16.3. The summed E-state index contributed by atoms with van der Waals surface area (Å²) < 4.78 is 4.85. The van der Waals surface area contributed by atoms with E-state index < -0.39 is 5.97 Å². The molecule has 0 saturated heterocycles. The van der Waals surface area contributed by atoms with Gasteiger partial charge in [0.1, 0.15) is 18.0 Å². The van der Waals surface area contributed by atoms with Crippen LogP contribution in [0.25, 0.3) is 0 Å². The fraction of sp³-hybridized carbons (Fsp3) is 0.227. The van der Waals surface area contributed by atoms with Crippen LogP contribution in [-0.4, -0.2) is 29.1 Å². The van der Waals surface area contributed by atoms with Gasteiger partial charge in [-0.15, -0.1) is 0 Å². The lowest BCUT2D eigenvalue weighted by Crippen LogP contribution is -2.31. The summed E-state index contributed by atoms with van der Waals surface area (Å²) >= 11 is 0. The highest BCUT2D eigenvalue weighted by Crippen LogP contribution is 2.24. The van der Waals surface area contributed by atoms with Crippen molar-refractivity contribution in [3.63, 3.8) is 0 Å². The second kappa shape index (κ2) is 8.99. The third-order valence-corrected chi connectivity index (χ3v) is 4.36. The number of ether oxygens (including phenoxy) is 1. The molecule has 0 spiro atoms. The lowest BCUT2D eigenvalue weighted by molar-refractivity contribution is 0.0602. The number of methoxy groups -OCH3 is 1. The van der Waals surface area contributed by atoms with Crippen molar-refractivity contribution in [3.05, 3.63) is 78.1 Å². The zero-order valence-electron chi connectivity index (χ0n) is 16.3. The number of carbonyl (C=O) groups excluding carboxylic acids is 1. The maximum absolute atomic E-state index is 12.0. The van der Waals surface area contributed by atoms with Gasteiger partial charge in [-0.05, 0) is 31.5 Å². The van der Waals surface area contributed by atoms with Crippen molar-refractivity contribution in [3.8, 4) is 0 Å². The molecule has 1 heterocycles. The van der Waals surface area contributed by atoms with E-state index in [1.165, 1.54) is 19.0 Å². The maximum atomic E-state index is 12.0. The lowest BCUT2D eigenvalue weighted by Gasteiger charge is -2.28. The Hall–Kier alpha value is -3.41. The van der Waals surface area contributed by atoms with E-state index in [2.05, 4.69) is 46.2 Å². The molecule has 0 atom stereocenters. The van der Waals surface area contributed by atoms with Crippen molar-refractivity contribution in [1.29, 1.82) is 0 Å². The van der Waals surface area contributed by atoms with Gasteiger partial charge in [0.25, 0.3) is 0 Å². The van der Waals surface area contributed by atoms with E-state index in [1.54, 1.807) is 12.1 Å². The molecule has 0 saturated carbocycles. The molecule has 144 valence electrons. The second-order valence-electron chi connectivity index (χ2n) is 6.63. The maximum Gasteiger partial charge on any atom is 0.339 e. The second-order valence-corrected chi connectivity index (χ2v) is 6.63. The SMILES string of the molecule is COC(=O)c1ccccc1Nc1cc(N(Cc2ccccc2)C(C)C)ncn1. The van der Waals surface area contributed by atoms with E-state index in [4.69, 9.17) is 4.74 Å². The quantitative estimate of drug-likeness (QED) is 0.616. The minimum Gasteiger partial charge on any atom is -0.465 e. The van der Waals surface area contributed by atoms with Crippen LogP contribution in [0.4, 0.5) is 17.3 Å². The van der Waals surface area contributed by atoms with Crippen LogP contribution in [0, 0.1) is 0 Å². The Morgan fingerprint density at radius 3 is 2.50 bits per heavy atom. The van der Waals surface area contributed by atoms with E-state index in [0.29, 0.717) is 17.1 Å². The summed E-state index contributed by atoms with van der Waals surface area (Å²) in [7, 11) is 1.37. The van der Waals surface area contributed by atoms with Crippen molar-refractivity contribution >= 4 is 23.3 Å². The molecule has 3 rings (SSSR count). The van der Waals surface area contributed by atoms with Gasteiger partial charge < -0.3 is 15.0 Å². The Labute approximate surface area is 165 Å². The summed E-state index contributed by atoms with van der Waals surface area (Å²) in [5, 5.41) is 3.21. The number of hydrogen-bond donors (Lipinski definition) is 1. The predicted octanol–water partition coefficient (Wildman–Crippen LogP) is 4.42. The monoisotopic (exact) mass is 376 g/mol. The molecule has 1 aromatic heterocycles. The molecule has 0 radical (unpaired) electrons. The average Bonchev–Trinajstić information content (AvgIpc) is 2.72. The fourth-order valence-electron chi connectivity index (χ4n) is 2.90. The molecule has 0 unspecified atom stereocenters. The zero-order chi connectivity index (χ0) is 19.9. The summed E-state index contributed by atoms with van der Waals surface area (Å²) in [6.45, 7) is 5.00. The molecule has 1 N–H and O–H groups in total. The van der Waals surface area contributed by atoms with Gasteiger partial charge in [-0.3, -0.25) is 0 Å². The van der Waals surface area contributed by atoms with Gasteiger partial charge >= 0.3 is 5.97 Å². The van der Waals surface area contributed by atoms with Gasteiger partial charge in [0, 0.05) is 18.7 Å². The molecule has 3 aromatic rings. The molecular weight excluding hydrogens is 352 g/mol. The van der Waals surface area contributed by atoms with Gasteiger partial charge in [-0.2, -0.15) is 0 Å². The topological polar surface area (TPSA) is 67.3 Å². The van der Waals surface area contributed by atoms with Crippen molar-refractivity contribution in [2.45, 2.75) is 26.4 Å². The van der Waals surface area contributed by atoms with E-state index in [9.17, 15) is 4.79 Å². The Kier molecular flexibility index (Phi) is 6.22. The van der Waals surface area contributed by atoms with Crippen LogP contribution < -0.4 is 10.2 Å². The molecule has 0 aliphatic rings. The van der Waals surface area contributed by atoms with Crippen LogP contribution in [0.5, 0.6) is 0 Å². The van der Waals surface area contributed by atoms with Gasteiger partial charge in [-0.25, -0.2) is 14.8 Å². The van der Waals surface area contributed by atoms with E-state index in [0.717, 1.165) is 12.4 Å². The van der Waals surface area contributed by atoms with E-state index in [-0.39, 0.29) is 6.04 Å². The van der Waals surface area contributed by atoms with Crippen molar-refractivity contribution < 1.29 is 9.53 Å². The summed E-state index contributed by atoms with van der Waals surface area (Å²) in [6, 6.07) is 19.6. The third-order valence-electron chi connectivity index (χ3n) is 4.36. The van der Waals surface area contributed by atoms with Crippen molar-refractivity contribution in [2.24, 2.45) is 0 Å². The number of nitrogens with one attached hydrogen (secondary N) is 1. The summed E-state index contributed by atoms with van der Waals surface area (Å²) in [5.41, 5.74) is 2.30. The number of esters is 1. The summed E-state index contributed by atoms with van der Waals surface area (Å²) in [5.74, 6) is 1.03. The number of benzene rings is 2. The first kappa shape index (κ1) is 19.4. The normalized spacial score (nSPS) is 10.6. The smallest absolute Gasteiger partial charge is 0.339 e. The number of hydrogen-bond acceptors (Lipinski definition) is 6. The van der Waals surface area contributed by atoms with Crippen LogP contribution in [-0.2, 0) is 11.3 Å². The average molecular weight is 376 g/mol. The number of anilines is 3. The molecule has 6 heteroatoms. The largest absolute Gasteiger partial charge is 0.465 e. The van der Waals surface area contributed by atoms with Crippen molar-refractivity contribution in [1.82, 2.24) is 9.97 Å². The van der Waals surface area contributed by atoms with Crippen LogP contribution in [0.2, 0.25) is 0 Å². The molecule has 0 bridgehead atoms. The van der Waals surface area contributed by atoms with Gasteiger partial charge in [0.05, 0.1) is 18.4 Å². The minimum atomic E-state index is -0.398.